The molecule has 3 nitrogen and oxygen atoms in total. The van der Waals surface area contributed by atoms with Crippen LogP contribution in [0.4, 0.5) is 8.78 Å². The van der Waals surface area contributed by atoms with Gasteiger partial charge >= 0.3 is 0 Å². The van der Waals surface area contributed by atoms with E-state index in [1.807, 2.05) is 0 Å². The summed E-state index contributed by atoms with van der Waals surface area (Å²) < 4.78 is 24.7. The van der Waals surface area contributed by atoms with Crippen LogP contribution in [0.25, 0.3) is 0 Å². The fourth-order valence-electron chi connectivity index (χ4n) is 0.986. The number of nitrogens with one attached hydrogen (secondary N) is 1. The van der Waals surface area contributed by atoms with E-state index in [4.69, 9.17) is 16.9 Å². The van der Waals surface area contributed by atoms with Gasteiger partial charge in [-0.15, -0.1) is 11.6 Å². The largest absolute Gasteiger partial charge is 0.355 e. The zero-order valence-corrected chi connectivity index (χ0v) is 7.61. The van der Waals surface area contributed by atoms with Crippen LogP contribution < -0.4 is 5.43 Å². The Morgan fingerprint density at radius 2 is 2.29 bits per heavy atom. The fourth-order valence-corrected chi connectivity index (χ4v) is 1.13. The Labute approximate surface area is 82.9 Å². The minimum Gasteiger partial charge on any atom is -0.355 e. The molecule has 1 heterocycles. The quantitative estimate of drug-likeness (QED) is 0.771. The number of H-pyrrole nitrogens is 1. The molecule has 0 atom stereocenters. The number of halogens is 3. The second-order valence-corrected chi connectivity index (χ2v) is 2.76. The molecule has 0 aliphatic rings. The van der Waals surface area contributed by atoms with Gasteiger partial charge in [0.1, 0.15) is 17.3 Å². The first kappa shape index (κ1) is 10.7. The summed E-state index contributed by atoms with van der Waals surface area (Å²) >= 11 is 5.37. The Bertz CT molecular complexity index is 436. The van der Waals surface area contributed by atoms with E-state index in [-0.39, 0.29) is 11.6 Å². The second-order valence-electron chi connectivity index (χ2n) is 2.49. The number of aromatic amines is 1. The van der Waals surface area contributed by atoms with E-state index in [1.165, 1.54) is 6.07 Å². The Hall–Kier alpha value is -1.41. The third kappa shape index (κ3) is 1.91. The molecule has 0 saturated carbocycles. The van der Waals surface area contributed by atoms with Crippen molar-refractivity contribution in [2.24, 2.45) is 0 Å². The van der Waals surface area contributed by atoms with Crippen molar-refractivity contribution in [1.82, 2.24) is 4.98 Å². The van der Waals surface area contributed by atoms with Crippen LogP contribution in [-0.4, -0.2) is 4.98 Å². The lowest BCUT2D eigenvalue weighted by atomic mass is 10.2. The van der Waals surface area contributed by atoms with Crippen molar-refractivity contribution in [1.29, 1.82) is 5.26 Å². The average molecular weight is 219 g/mol. The maximum Gasteiger partial charge on any atom is 0.279 e. The van der Waals surface area contributed by atoms with E-state index in [0.717, 1.165) is 6.07 Å². The summed E-state index contributed by atoms with van der Waals surface area (Å²) in [6, 6.07) is 2.47. The van der Waals surface area contributed by atoms with Crippen LogP contribution in [0.1, 0.15) is 23.4 Å². The SMILES string of the molecule is N#Cc1c(C(F)F)[nH]c(CCl)cc1=O. The predicted octanol–water partition coefficient (Wildman–Crippen LogP) is 1.92. The molecule has 0 bridgehead atoms. The Kier molecular flexibility index (Phi) is 3.20. The predicted molar refractivity (Wildman–Crippen MR) is 46.3 cm³/mol. The number of hydrogen-bond donors (Lipinski definition) is 1. The monoisotopic (exact) mass is 218 g/mol. The number of aromatic nitrogens is 1. The molecule has 74 valence electrons. The molecular formula is C8H5ClF2N2O. The van der Waals surface area contributed by atoms with Gasteiger partial charge in [-0.1, -0.05) is 0 Å². The zero-order chi connectivity index (χ0) is 10.7. The Morgan fingerprint density at radius 1 is 1.64 bits per heavy atom. The summed E-state index contributed by atoms with van der Waals surface area (Å²) in [6.45, 7) is 0. The third-order valence-corrected chi connectivity index (χ3v) is 1.88. The Balaban J connectivity index is 3.46. The molecule has 0 saturated heterocycles. The van der Waals surface area contributed by atoms with Gasteiger partial charge in [-0.05, 0) is 0 Å². The summed E-state index contributed by atoms with van der Waals surface area (Å²) in [5.74, 6) is -0.0827. The highest BCUT2D eigenvalue weighted by Crippen LogP contribution is 2.18. The van der Waals surface area contributed by atoms with Crippen LogP contribution in [0.5, 0.6) is 0 Å². The van der Waals surface area contributed by atoms with Crippen molar-refractivity contribution in [2.45, 2.75) is 12.3 Å². The van der Waals surface area contributed by atoms with Crippen molar-refractivity contribution in [3.05, 3.63) is 33.2 Å². The van der Waals surface area contributed by atoms with Gasteiger partial charge < -0.3 is 4.98 Å². The molecule has 0 amide bonds. The number of hydrogen-bond acceptors (Lipinski definition) is 2. The smallest absolute Gasteiger partial charge is 0.279 e. The molecular weight excluding hydrogens is 214 g/mol. The summed E-state index contributed by atoms with van der Waals surface area (Å²) in [7, 11) is 0. The van der Waals surface area contributed by atoms with Crippen LogP contribution in [0, 0.1) is 11.3 Å². The summed E-state index contributed by atoms with van der Waals surface area (Å²) in [5.41, 5.74) is -1.80. The van der Waals surface area contributed by atoms with Crippen LogP contribution in [0.2, 0.25) is 0 Å². The molecule has 0 unspecified atom stereocenters. The molecule has 1 N–H and O–H groups in total. The topological polar surface area (TPSA) is 56.6 Å². The molecule has 14 heavy (non-hydrogen) atoms. The minimum atomic E-state index is -2.89. The van der Waals surface area contributed by atoms with E-state index < -0.39 is 23.1 Å². The maximum absolute atomic E-state index is 12.3. The molecule has 6 heteroatoms. The number of nitrogens with zero attached hydrogens (tertiary/aromatic N) is 1. The lowest BCUT2D eigenvalue weighted by Crippen LogP contribution is -2.13. The van der Waals surface area contributed by atoms with Crippen LogP contribution in [-0.2, 0) is 5.88 Å². The van der Waals surface area contributed by atoms with Crippen LogP contribution >= 0.6 is 11.6 Å². The normalized spacial score (nSPS) is 10.2. The van der Waals surface area contributed by atoms with E-state index >= 15 is 0 Å². The van der Waals surface area contributed by atoms with Gasteiger partial charge in [0.05, 0.1) is 5.88 Å². The van der Waals surface area contributed by atoms with E-state index in [1.54, 1.807) is 0 Å². The minimum absolute atomic E-state index is 0.0827. The van der Waals surface area contributed by atoms with Gasteiger partial charge in [-0.3, -0.25) is 4.79 Å². The molecule has 0 aromatic carbocycles. The zero-order valence-electron chi connectivity index (χ0n) is 6.85. The van der Waals surface area contributed by atoms with Crippen LogP contribution in [0.3, 0.4) is 0 Å². The molecule has 1 rings (SSSR count). The van der Waals surface area contributed by atoms with Gasteiger partial charge in [-0.2, -0.15) is 5.26 Å². The second kappa shape index (κ2) is 4.20. The number of nitriles is 1. The molecule has 1 aromatic heterocycles. The highest BCUT2D eigenvalue weighted by molar-refractivity contribution is 6.16. The van der Waals surface area contributed by atoms with Crippen molar-refractivity contribution < 1.29 is 8.78 Å². The van der Waals surface area contributed by atoms with Crippen molar-refractivity contribution >= 4 is 11.6 Å². The lowest BCUT2D eigenvalue weighted by Gasteiger charge is -2.04. The molecule has 0 spiro atoms. The first-order valence-electron chi connectivity index (χ1n) is 3.60. The van der Waals surface area contributed by atoms with Gasteiger partial charge in [0.15, 0.2) is 5.43 Å². The molecule has 0 fully saturated rings. The number of alkyl halides is 3. The molecule has 0 aliphatic carbocycles. The maximum atomic E-state index is 12.3. The number of pyridine rings is 1. The number of rotatable bonds is 2. The molecule has 0 radical (unpaired) electrons. The Morgan fingerprint density at radius 3 is 2.71 bits per heavy atom. The van der Waals surface area contributed by atoms with E-state index in [0.29, 0.717) is 0 Å². The van der Waals surface area contributed by atoms with Crippen molar-refractivity contribution in [2.75, 3.05) is 0 Å². The third-order valence-electron chi connectivity index (χ3n) is 1.59. The first-order valence-corrected chi connectivity index (χ1v) is 4.14. The van der Waals surface area contributed by atoms with Crippen molar-refractivity contribution in [3.8, 4) is 6.07 Å². The van der Waals surface area contributed by atoms with Crippen LogP contribution in [0.15, 0.2) is 10.9 Å². The highest BCUT2D eigenvalue weighted by atomic mass is 35.5. The van der Waals surface area contributed by atoms with E-state index in [9.17, 15) is 13.6 Å². The molecule has 1 aromatic rings. The van der Waals surface area contributed by atoms with Gasteiger partial charge in [0, 0.05) is 11.8 Å². The average Bonchev–Trinajstić information content (AvgIpc) is 2.16. The highest BCUT2D eigenvalue weighted by Gasteiger charge is 2.17. The summed E-state index contributed by atoms with van der Waals surface area (Å²) in [4.78, 5) is 13.4. The molecule has 0 aliphatic heterocycles. The van der Waals surface area contributed by atoms with Gasteiger partial charge in [0.25, 0.3) is 6.43 Å². The standard InChI is InChI=1S/C8H5ClF2N2O/c9-2-4-1-6(14)5(3-12)7(13-4)8(10)11/h1,8H,2H2,(H,13,14). The fraction of sp³-hybridized carbons (Fsp3) is 0.250. The summed E-state index contributed by atoms with van der Waals surface area (Å²) in [6.07, 6.45) is -2.89. The van der Waals surface area contributed by atoms with Gasteiger partial charge in [-0.25, -0.2) is 8.78 Å². The summed E-state index contributed by atoms with van der Waals surface area (Å²) in [5, 5.41) is 8.48. The first-order chi connectivity index (χ1) is 6.60. The van der Waals surface area contributed by atoms with Gasteiger partial charge in [0.2, 0.25) is 0 Å². The lowest BCUT2D eigenvalue weighted by molar-refractivity contribution is 0.145. The van der Waals surface area contributed by atoms with Crippen molar-refractivity contribution in [3.63, 3.8) is 0 Å². The van der Waals surface area contributed by atoms with E-state index in [2.05, 4.69) is 4.98 Å².